The summed E-state index contributed by atoms with van der Waals surface area (Å²) < 4.78 is 2.39. The van der Waals surface area contributed by atoms with Crippen LogP contribution in [-0.4, -0.2) is 34.6 Å². The minimum Gasteiger partial charge on any atom is -0.346 e. The maximum absolute atomic E-state index is 12.1. The maximum Gasteiger partial charge on any atom is 0.321 e. The van der Waals surface area contributed by atoms with Crippen LogP contribution in [0.15, 0.2) is 42.9 Å². The zero-order chi connectivity index (χ0) is 20.4. The molecule has 2 N–H and O–H groups in total. The van der Waals surface area contributed by atoms with Crippen LogP contribution in [0.4, 0.5) is 10.5 Å². The fourth-order valence-corrected chi connectivity index (χ4v) is 4.26. The Morgan fingerprint density at radius 2 is 2.14 bits per heavy atom. The number of urea groups is 1. The van der Waals surface area contributed by atoms with Crippen molar-refractivity contribution in [2.24, 2.45) is 0 Å². The number of carbonyl (C=O) groups excluding carboxylic acids is 2. The molecular weight excluding hydrogens is 433 g/mol. The van der Waals surface area contributed by atoms with E-state index in [1.54, 1.807) is 29.4 Å². The molecule has 10 heteroatoms. The summed E-state index contributed by atoms with van der Waals surface area (Å²) in [5.41, 5.74) is 2.19. The van der Waals surface area contributed by atoms with Crippen molar-refractivity contribution < 1.29 is 9.59 Å². The molecule has 29 heavy (non-hydrogen) atoms. The second-order valence-electron chi connectivity index (χ2n) is 6.43. The van der Waals surface area contributed by atoms with Gasteiger partial charge >= 0.3 is 6.03 Å². The summed E-state index contributed by atoms with van der Waals surface area (Å²) in [6.07, 6.45) is 4.35. The molecule has 0 spiro atoms. The Labute approximate surface area is 181 Å². The Hall–Kier alpha value is -2.55. The van der Waals surface area contributed by atoms with E-state index < -0.39 is 0 Å². The van der Waals surface area contributed by atoms with E-state index in [4.69, 9.17) is 23.2 Å². The molecule has 0 atom stereocenters. The van der Waals surface area contributed by atoms with Gasteiger partial charge in [-0.1, -0.05) is 23.2 Å². The van der Waals surface area contributed by atoms with Crippen LogP contribution < -0.4 is 15.5 Å². The van der Waals surface area contributed by atoms with Gasteiger partial charge in [-0.25, -0.2) is 9.78 Å². The highest BCUT2D eigenvalue weighted by molar-refractivity contribution is 7.17. The second kappa shape index (κ2) is 8.44. The summed E-state index contributed by atoms with van der Waals surface area (Å²) >= 11 is 13.5. The summed E-state index contributed by atoms with van der Waals surface area (Å²) in [7, 11) is 0. The lowest BCUT2D eigenvalue weighted by Crippen LogP contribution is -2.46. The van der Waals surface area contributed by atoms with Gasteiger partial charge in [0.05, 0.1) is 38.5 Å². The molecule has 1 aliphatic rings. The summed E-state index contributed by atoms with van der Waals surface area (Å²) in [6.45, 7) is 1.61. The minimum atomic E-state index is -0.191. The number of hydrogen-bond donors (Lipinski definition) is 2. The lowest BCUT2D eigenvalue weighted by molar-refractivity contribution is 0.0954. The van der Waals surface area contributed by atoms with Crippen LogP contribution in [-0.2, 0) is 6.54 Å². The second-order valence-corrected chi connectivity index (χ2v) is 8.55. The van der Waals surface area contributed by atoms with Crippen molar-refractivity contribution in [1.82, 2.24) is 20.2 Å². The number of benzene rings is 1. The zero-order valence-electron chi connectivity index (χ0n) is 15.2. The van der Waals surface area contributed by atoms with E-state index in [-0.39, 0.29) is 11.9 Å². The molecule has 7 nitrogen and oxygen atoms in total. The van der Waals surface area contributed by atoms with Gasteiger partial charge in [-0.05, 0) is 36.8 Å². The molecule has 0 radical (unpaired) electrons. The first kappa shape index (κ1) is 19.8. The van der Waals surface area contributed by atoms with E-state index in [0.717, 1.165) is 12.1 Å². The zero-order valence-corrected chi connectivity index (χ0v) is 17.5. The van der Waals surface area contributed by atoms with E-state index >= 15 is 0 Å². The van der Waals surface area contributed by atoms with Gasteiger partial charge in [0, 0.05) is 25.0 Å². The Balaban J connectivity index is 1.44. The third kappa shape index (κ3) is 4.39. The standard InChI is InChI=1S/C19H17Cl2N5O2S/c20-14-8-13(2-3-15(14)26-7-1-6-22-19(26)28)25-10-12(24-11-25)9-23-18(27)16-4-5-17(21)29-16/h2-5,8,10-11H,1,6-7,9H2,(H,22,28)(H,23,27). The van der Waals surface area contributed by atoms with E-state index in [9.17, 15) is 9.59 Å². The number of halogens is 2. The molecule has 3 heterocycles. The normalized spacial score (nSPS) is 14.0. The molecule has 4 rings (SSSR count). The van der Waals surface area contributed by atoms with Gasteiger partial charge in [0.1, 0.15) is 0 Å². The first-order valence-electron chi connectivity index (χ1n) is 8.93. The molecule has 2 aromatic heterocycles. The molecule has 1 aliphatic heterocycles. The monoisotopic (exact) mass is 449 g/mol. The highest BCUT2D eigenvalue weighted by Gasteiger charge is 2.21. The Kier molecular flexibility index (Phi) is 5.75. The topological polar surface area (TPSA) is 79.3 Å². The number of rotatable bonds is 5. The molecular formula is C19H17Cl2N5O2S. The van der Waals surface area contributed by atoms with Crippen molar-refractivity contribution in [3.8, 4) is 5.69 Å². The van der Waals surface area contributed by atoms with Crippen LogP contribution in [0.5, 0.6) is 0 Å². The van der Waals surface area contributed by atoms with Gasteiger partial charge in [0.15, 0.2) is 0 Å². The number of aromatic nitrogens is 2. The van der Waals surface area contributed by atoms with Gasteiger partial charge in [-0.3, -0.25) is 9.69 Å². The van der Waals surface area contributed by atoms with Crippen molar-refractivity contribution in [3.05, 3.63) is 62.8 Å². The predicted octanol–water partition coefficient (Wildman–Crippen LogP) is 4.09. The minimum absolute atomic E-state index is 0.140. The maximum atomic E-state index is 12.1. The SMILES string of the molecule is O=C(NCc1cn(-c2ccc(N3CCCNC3=O)c(Cl)c2)cn1)c1ccc(Cl)s1. The van der Waals surface area contributed by atoms with E-state index in [1.807, 2.05) is 22.9 Å². The van der Waals surface area contributed by atoms with E-state index in [2.05, 4.69) is 15.6 Å². The Bertz CT molecular complexity index is 1060. The van der Waals surface area contributed by atoms with Gasteiger partial charge in [0.25, 0.3) is 5.91 Å². The van der Waals surface area contributed by atoms with Crippen LogP contribution in [0.3, 0.4) is 0 Å². The number of anilines is 1. The molecule has 1 saturated heterocycles. The average molecular weight is 450 g/mol. The Morgan fingerprint density at radius 3 is 2.86 bits per heavy atom. The van der Waals surface area contributed by atoms with Crippen LogP contribution in [0.25, 0.3) is 5.69 Å². The molecule has 0 bridgehead atoms. The van der Waals surface area contributed by atoms with Crippen molar-refractivity contribution in [3.63, 3.8) is 0 Å². The third-order valence-electron chi connectivity index (χ3n) is 4.46. The molecule has 3 aromatic rings. The number of amides is 3. The van der Waals surface area contributed by atoms with Crippen LogP contribution in [0, 0.1) is 0 Å². The molecule has 3 amide bonds. The summed E-state index contributed by atoms with van der Waals surface area (Å²) in [5, 5.41) is 6.12. The number of carbonyl (C=O) groups is 2. The fourth-order valence-electron chi connectivity index (χ4n) is 3.02. The van der Waals surface area contributed by atoms with Gasteiger partial charge in [-0.2, -0.15) is 0 Å². The lowest BCUT2D eigenvalue weighted by atomic mass is 10.2. The molecule has 0 saturated carbocycles. The highest BCUT2D eigenvalue weighted by Crippen LogP contribution is 2.29. The third-order valence-corrected chi connectivity index (χ3v) is 6.00. The molecule has 150 valence electrons. The fraction of sp³-hybridized carbons (Fsp3) is 0.211. The van der Waals surface area contributed by atoms with Crippen LogP contribution >= 0.6 is 34.5 Å². The van der Waals surface area contributed by atoms with Crippen molar-refractivity contribution >= 4 is 52.2 Å². The summed E-state index contributed by atoms with van der Waals surface area (Å²) in [6, 6.07) is 8.73. The van der Waals surface area contributed by atoms with Crippen molar-refractivity contribution in [1.29, 1.82) is 0 Å². The average Bonchev–Trinajstić information content (AvgIpc) is 3.36. The number of nitrogens with zero attached hydrogens (tertiary/aromatic N) is 3. The molecule has 0 unspecified atom stereocenters. The molecule has 0 aliphatic carbocycles. The summed E-state index contributed by atoms with van der Waals surface area (Å²) in [5.74, 6) is -0.191. The van der Waals surface area contributed by atoms with Gasteiger partial charge in [0.2, 0.25) is 0 Å². The highest BCUT2D eigenvalue weighted by atomic mass is 35.5. The van der Waals surface area contributed by atoms with Gasteiger partial charge in [-0.15, -0.1) is 11.3 Å². The number of imidazole rings is 1. The van der Waals surface area contributed by atoms with E-state index in [0.29, 0.717) is 45.3 Å². The van der Waals surface area contributed by atoms with Crippen molar-refractivity contribution in [2.45, 2.75) is 13.0 Å². The van der Waals surface area contributed by atoms with Crippen LogP contribution in [0.1, 0.15) is 21.8 Å². The predicted molar refractivity (Wildman–Crippen MR) is 114 cm³/mol. The summed E-state index contributed by atoms with van der Waals surface area (Å²) in [4.78, 5) is 30.7. The smallest absolute Gasteiger partial charge is 0.321 e. The van der Waals surface area contributed by atoms with Crippen molar-refractivity contribution in [2.75, 3.05) is 18.0 Å². The Morgan fingerprint density at radius 1 is 1.28 bits per heavy atom. The number of nitrogens with one attached hydrogen (secondary N) is 2. The van der Waals surface area contributed by atoms with E-state index in [1.165, 1.54) is 11.3 Å². The molecule has 1 fully saturated rings. The molecule has 1 aromatic carbocycles. The largest absolute Gasteiger partial charge is 0.346 e. The first-order chi connectivity index (χ1) is 14.0. The number of thiophene rings is 1. The van der Waals surface area contributed by atoms with Crippen LogP contribution in [0.2, 0.25) is 9.36 Å². The first-order valence-corrected chi connectivity index (χ1v) is 10.5. The lowest BCUT2D eigenvalue weighted by Gasteiger charge is -2.28. The quantitative estimate of drug-likeness (QED) is 0.615. The van der Waals surface area contributed by atoms with Gasteiger partial charge < -0.3 is 15.2 Å². The number of hydrogen-bond acceptors (Lipinski definition) is 4.